The summed E-state index contributed by atoms with van der Waals surface area (Å²) in [6.45, 7) is 1.72. The van der Waals surface area contributed by atoms with Crippen molar-refractivity contribution >= 4 is 11.8 Å². The third kappa shape index (κ3) is 5.41. The zero-order valence-corrected chi connectivity index (χ0v) is 16.4. The van der Waals surface area contributed by atoms with E-state index in [-0.39, 0.29) is 11.5 Å². The zero-order valence-electron chi connectivity index (χ0n) is 16.4. The largest absolute Gasteiger partial charge is 0.367 e. The van der Waals surface area contributed by atoms with Gasteiger partial charge in [0, 0.05) is 19.6 Å². The number of nitrogens with one attached hydrogen (secondary N) is 2. The number of halogens is 1. The third-order valence-corrected chi connectivity index (χ3v) is 4.87. The van der Waals surface area contributed by atoms with E-state index in [1.807, 2.05) is 12.1 Å². The number of carbonyl (C=O) groups is 2. The van der Waals surface area contributed by atoms with Crippen molar-refractivity contribution in [2.24, 2.45) is 5.73 Å². The number of rotatable bonds is 6. The number of amides is 2. The molecule has 0 aromatic heterocycles. The highest BCUT2D eigenvalue weighted by atomic mass is 19.1. The van der Waals surface area contributed by atoms with Crippen molar-refractivity contribution in [3.63, 3.8) is 0 Å². The van der Waals surface area contributed by atoms with Crippen LogP contribution in [0.3, 0.4) is 0 Å². The standard InChI is InChI=1S/C22H23FN4O3/c23-19-11-16(6-7-18(19)21(25)28)15-4-2-14(3-5-15)10-17(12-24)27-22(29)20-13-26-8-1-9-30-20/h2-7,11,17,20,26H,1,8-10,13H2,(H2,25,28)(H,27,29)/t17-,20-/m0/s1. The number of nitrogens with two attached hydrogens (primary N) is 1. The van der Waals surface area contributed by atoms with Crippen LogP contribution in [0.1, 0.15) is 22.3 Å². The van der Waals surface area contributed by atoms with E-state index in [1.165, 1.54) is 12.1 Å². The van der Waals surface area contributed by atoms with Crippen molar-refractivity contribution in [2.45, 2.75) is 25.0 Å². The molecular weight excluding hydrogens is 387 g/mol. The fourth-order valence-electron chi connectivity index (χ4n) is 3.24. The maximum absolute atomic E-state index is 14.0. The Hall–Kier alpha value is -3.28. The van der Waals surface area contributed by atoms with E-state index in [9.17, 15) is 19.2 Å². The van der Waals surface area contributed by atoms with Gasteiger partial charge in [-0.1, -0.05) is 30.3 Å². The Labute approximate surface area is 174 Å². The Morgan fingerprint density at radius 1 is 1.27 bits per heavy atom. The molecule has 156 valence electrons. The summed E-state index contributed by atoms with van der Waals surface area (Å²) in [4.78, 5) is 23.5. The minimum absolute atomic E-state index is 0.157. The van der Waals surface area contributed by atoms with Crippen LogP contribution in [-0.2, 0) is 16.0 Å². The second-order valence-electron chi connectivity index (χ2n) is 7.07. The normalized spacial score (nSPS) is 17.4. The van der Waals surface area contributed by atoms with Crippen LogP contribution >= 0.6 is 0 Å². The molecule has 2 amide bonds. The molecule has 0 bridgehead atoms. The minimum Gasteiger partial charge on any atom is -0.367 e. The number of nitrogens with zero attached hydrogens (tertiary/aromatic N) is 1. The minimum atomic E-state index is -0.816. The molecule has 0 radical (unpaired) electrons. The van der Waals surface area contributed by atoms with Crippen LogP contribution in [0.2, 0.25) is 0 Å². The number of hydrogen-bond acceptors (Lipinski definition) is 5. The van der Waals surface area contributed by atoms with Gasteiger partial charge in [-0.05, 0) is 41.8 Å². The lowest BCUT2D eigenvalue weighted by atomic mass is 9.99. The van der Waals surface area contributed by atoms with Gasteiger partial charge in [0.25, 0.3) is 11.8 Å². The molecule has 1 saturated heterocycles. The molecule has 2 aromatic carbocycles. The molecule has 3 rings (SSSR count). The van der Waals surface area contributed by atoms with E-state index in [2.05, 4.69) is 16.7 Å². The number of carbonyl (C=O) groups excluding carboxylic acids is 2. The molecule has 7 nitrogen and oxygen atoms in total. The van der Waals surface area contributed by atoms with E-state index < -0.39 is 23.9 Å². The maximum Gasteiger partial charge on any atom is 0.251 e. The summed E-state index contributed by atoms with van der Waals surface area (Å²) in [5.41, 5.74) is 7.17. The highest BCUT2D eigenvalue weighted by Crippen LogP contribution is 2.23. The number of benzene rings is 2. The molecule has 1 aliphatic heterocycles. The first-order valence-electron chi connectivity index (χ1n) is 9.69. The Balaban J connectivity index is 1.64. The maximum atomic E-state index is 14.0. The predicted octanol–water partition coefficient (Wildman–Crippen LogP) is 1.52. The number of hydrogen-bond donors (Lipinski definition) is 3. The summed E-state index contributed by atoms with van der Waals surface area (Å²) in [6, 6.07) is 12.9. The first-order chi connectivity index (χ1) is 14.5. The Morgan fingerprint density at radius 2 is 2.00 bits per heavy atom. The van der Waals surface area contributed by atoms with Gasteiger partial charge in [0.05, 0.1) is 11.6 Å². The van der Waals surface area contributed by atoms with Crippen molar-refractivity contribution in [3.8, 4) is 17.2 Å². The van der Waals surface area contributed by atoms with E-state index in [0.717, 1.165) is 24.1 Å². The van der Waals surface area contributed by atoms with Crippen LogP contribution in [0.15, 0.2) is 42.5 Å². The van der Waals surface area contributed by atoms with Crippen LogP contribution in [0.25, 0.3) is 11.1 Å². The highest BCUT2D eigenvalue weighted by Gasteiger charge is 2.23. The molecule has 1 aliphatic rings. The smallest absolute Gasteiger partial charge is 0.251 e. The summed E-state index contributed by atoms with van der Waals surface area (Å²) in [7, 11) is 0. The van der Waals surface area contributed by atoms with E-state index in [1.54, 1.807) is 18.2 Å². The highest BCUT2D eigenvalue weighted by molar-refractivity contribution is 5.93. The SMILES string of the molecule is N#C[C@H](Cc1ccc(-c2ccc(C(N)=O)c(F)c2)cc1)NC(=O)[C@@H]1CNCCCO1. The Bertz CT molecular complexity index is 948. The van der Waals surface area contributed by atoms with Gasteiger partial charge in [-0.15, -0.1) is 0 Å². The van der Waals surface area contributed by atoms with E-state index in [4.69, 9.17) is 10.5 Å². The van der Waals surface area contributed by atoms with E-state index in [0.29, 0.717) is 25.1 Å². The van der Waals surface area contributed by atoms with Crippen molar-refractivity contribution in [1.82, 2.24) is 10.6 Å². The zero-order chi connectivity index (χ0) is 21.5. The molecular formula is C22H23FN4O3. The Morgan fingerprint density at radius 3 is 2.67 bits per heavy atom. The van der Waals surface area contributed by atoms with Crippen molar-refractivity contribution in [3.05, 3.63) is 59.4 Å². The topological polar surface area (TPSA) is 117 Å². The Kier molecular flexibility index (Phi) is 7.12. The first-order valence-corrected chi connectivity index (χ1v) is 9.69. The summed E-state index contributed by atoms with van der Waals surface area (Å²) in [6.07, 6.45) is 0.564. The van der Waals surface area contributed by atoms with Crippen molar-refractivity contribution in [1.29, 1.82) is 5.26 Å². The quantitative estimate of drug-likeness (QED) is 0.668. The molecule has 0 saturated carbocycles. The molecule has 0 spiro atoms. The summed E-state index contributed by atoms with van der Waals surface area (Å²) in [5, 5.41) is 15.3. The van der Waals surface area contributed by atoms with E-state index >= 15 is 0 Å². The fraction of sp³-hybridized carbons (Fsp3) is 0.318. The monoisotopic (exact) mass is 410 g/mol. The van der Waals surface area contributed by atoms with Crippen LogP contribution in [0.5, 0.6) is 0 Å². The first kappa shape index (κ1) is 21.4. The summed E-state index contributed by atoms with van der Waals surface area (Å²) < 4.78 is 19.5. The van der Waals surface area contributed by atoms with Gasteiger partial charge in [-0.3, -0.25) is 9.59 Å². The van der Waals surface area contributed by atoms with Gasteiger partial charge >= 0.3 is 0 Å². The van der Waals surface area contributed by atoms with Crippen LogP contribution < -0.4 is 16.4 Å². The van der Waals surface area contributed by atoms with Crippen LogP contribution in [0, 0.1) is 17.1 Å². The average Bonchev–Trinajstić information content (AvgIpc) is 3.03. The van der Waals surface area contributed by atoms with Gasteiger partial charge in [-0.2, -0.15) is 5.26 Å². The fourth-order valence-corrected chi connectivity index (χ4v) is 3.24. The van der Waals surface area contributed by atoms with Gasteiger partial charge in [0.2, 0.25) is 0 Å². The molecule has 2 atom stereocenters. The van der Waals surface area contributed by atoms with Gasteiger partial charge < -0.3 is 21.1 Å². The van der Waals surface area contributed by atoms with Crippen molar-refractivity contribution < 1.29 is 18.7 Å². The second-order valence-corrected chi connectivity index (χ2v) is 7.07. The summed E-state index contributed by atoms with van der Waals surface area (Å²) in [5.74, 6) is -1.80. The number of primary amides is 1. The molecule has 8 heteroatoms. The van der Waals surface area contributed by atoms with Crippen molar-refractivity contribution in [2.75, 3.05) is 19.7 Å². The lowest BCUT2D eigenvalue weighted by molar-refractivity contribution is -0.132. The molecule has 1 fully saturated rings. The molecule has 4 N–H and O–H groups in total. The second kappa shape index (κ2) is 9.96. The average molecular weight is 410 g/mol. The van der Waals surface area contributed by atoms with Gasteiger partial charge in [0.15, 0.2) is 0 Å². The molecule has 0 unspecified atom stereocenters. The molecule has 1 heterocycles. The lowest BCUT2D eigenvalue weighted by Crippen LogP contribution is -2.46. The molecule has 30 heavy (non-hydrogen) atoms. The summed E-state index contributed by atoms with van der Waals surface area (Å²) >= 11 is 0. The molecule has 0 aliphatic carbocycles. The number of ether oxygens (including phenoxy) is 1. The molecule has 2 aromatic rings. The lowest BCUT2D eigenvalue weighted by Gasteiger charge is -2.18. The van der Waals surface area contributed by atoms with Crippen LogP contribution in [0.4, 0.5) is 4.39 Å². The number of nitriles is 1. The van der Waals surface area contributed by atoms with Crippen LogP contribution in [-0.4, -0.2) is 43.7 Å². The van der Waals surface area contributed by atoms with Gasteiger partial charge in [0.1, 0.15) is 18.0 Å². The van der Waals surface area contributed by atoms with Gasteiger partial charge in [-0.25, -0.2) is 4.39 Å². The predicted molar refractivity (Wildman–Crippen MR) is 109 cm³/mol. The third-order valence-electron chi connectivity index (χ3n) is 4.87.